The molecule has 3 aromatic rings. The van der Waals surface area contributed by atoms with Crippen molar-refractivity contribution in [3.05, 3.63) is 48.8 Å². The maximum absolute atomic E-state index is 12.6. The second-order valence-electron chi connectivity index (χ2n) is 10.0. The summed E-state index contributed by atoms with van der Waals surface area (Å²) in [6, 6.07) is 14.8. The van der Waals surface area contributed by atoms with E-state index in [4.69, 9.17) is 4.74 Å². The minimum absolute atomic E-state index is 0.00898. The highest BCUT2D eigenvalue weighted by Gasteiger charge is 2.25. The van der Waals surface area contributed by atoms with Crippen molar-refractivity contribution in [3.8, 4) is 16.9 Å². The van der Waals surface area contributed by atoms with Gasteiger partial charge in [-0.05, 0) is 81.8 Å². The number of carbonyl (C=O) groups excluding carboxylic acids is 1. The molecule has 0 aliphatic heterocycles. The summed E-state index contributed by atoms with van der Waals surface area (Å²) in [7, 11) is 1.66. The lowest BCUT2D eigenvalue weighted by molar-refractivity contribution is -0.120. The Morgan fingerprint density at radius 2 is 1.65 bits per heavy atom. The Balaban J connectivity index is 1.37. The van der Waals surface area contributed by atoms with E-state index in [9.17, 15) is 4.79 Å². The Kier molecular flexibility index (Phi) is 7.32. The van der Waals surface area contributed by atoms with Crippen molar-refractivity contribution in [2.24, 2.45) is 0 Å². The SMILES string of the molecule is COc1ccc(-c2ccc3ncnc(NCC(=O)NC4CCC(NC(C)(C)C)CC4)c3c2)cc1. The maximum atomic E-state index is 12.6. The Bertz CT molecular complexity index is 1120. The molecule has 0 spiro atoms. The molecule has 2 aromatic carbocycles. The van der Waals surface area contributed by atoms with E-state index >= 15 is 0 Å². The molecular formula is C27H35N5O2. The lowest BCUT2D eigenvalue weighted by Gasteiger charge is -2.34. The highest BCUT2D eigenvalue weighted by Crippen LogP contribution is 2.28. The molecule has 34 heavy (non-hydrogen) atoms. The lowest BCUT2D eigenvalue weighted by atomic mass is 9.89. The number of nitrogens with one attached hydrogen (secondary N) is 3. The summed E-state index contributed by atoms with van der Waals surface area (Å²) in [5.41, 5.74) is 3.09. The summed E-state index contributed by atoms with van der Waals surface area (Å²) < 4.78 is 5.26. The smallest absolute Gasteiger partial charge is 0.239 e. The molecule has 0 bridgehead atoms. The van der Waals surface area contributed by atoms with Gasteiger partial charge in [-0.3, -0.25) is 4.79 Å². The van der Waals surface area contributed by atoms with E-state index in [1.54, 1.807) is 7.11 Å². The summed E-state index contributed by atoms with van der Waals surface area (Å²) in [6.45, 7) is 6.77. The van der Waals surface area contributed by atoms with Gasteiger partial charge in [0.2, 0.25) is 5.91 Å². The lowest BCUT2D eigenvalue weighted by Crippen LogP contribution is -2.48. The van der Waals surface area contributed by atoms with E-state index < -0.39 is 0 Å². The fraction of sp³-hybridized carbons (Fsp3) is 0.444. The molecule has 0 radical (unpaired) electrons. The number of aromatic nitrogens is 2. The first kappa shape index (κ1) is 24.0. The number of hydrogen-bond acceptors (Lipinski definition) is 6. The molecule has 4 rings (SSSR count). The van der Waals surface area contributed by atoms with Gasteiger partial charge in [-0.1, -0.05) is 18.2 Å². The van der Waals surface area contributed by atoms with E-state index in [-0.39, 0.29) is 24.0 Å². The van der Waals surface area contributed by atoms with Crippen molar-refractivity contribution in [2.45, 2.75) is 64.1 Å². The van der Waals surface area contributed by atoms with Gasteiger partial charge in [-0.2, -0.15) is 0 Å². The predicted molar refractivity (Wildman–Crippen MR) is 137 cm³/mol. The minimum atomic E-state index is -0.00898. The zero-order valence-electron chi connectivity index (χ0n) is 20.5. The van der Waals surface area contributed by atoms with Crippen LogP contribution in [0.1, 0.15) is 46.5 Å². The monoisotopic (exact) mass is 461 g/mol. The molecule has 1 aliphatic rings. The van der Waals surface area contributed by atoms with E-state index in [1.165, 1.54) is 6.33 Å². The summed E-state index contributed by atoms with van der Waals surface area (Å²) >= 11 is 0. The van der Waals surface area contributed by atoms with E-state index in [2.05, 4.69) is 52.8 Å². The third-order valence-electron chi connectivity index (χ3n) is 6.20. The molecule has 3 N–H and O–H groups in total. The van der Waals surface area contributed by atoms with Crippen molar-refractivity contribution in [3.63, 3.8) is 0 Å². The number of ether oxygens (including phenoxy) is 1. The van der Waals surface area contributed by atoms with Gasteiger partial charge in [0.05, 0.1) is 19.2 Å². The Morgan fingerprint density at radius 3 is 2.32 bits per heavy atom. The van der Waals surface area contributed by atoms with Crippen LogP contribution in [-0.4, -0.2) is 47.2 Å². The third-order valence-corrected chi connectivity index (χ3v) is 6.20. The summed E-state index contributed by atoms with van der Waals surface area (Å²) in [4.78, 5) is 21.4. The third kappa shape index (κ3) is 6.23. The summed E-state index contributed by atoms with van der Waals surface area (Å²) in [5.74, 6) is 1.47. The molecule has 0 atom stereocenters. The molecule has 180 valence electrons. The second-order valence-corrected chi connectivity index (χ2v) is 10.0. The van der Waals surface area contributed by atoms with Crippen molar-refractivity contribution in [2.75, 3.05) is 19.0 Å². The van der Waals surface area contributed by atoms with Crippen molar-refractivity contribution >= 4 is 22.6 Å². The molecule has 0 saturated heterocycles. The first-order valence-corrected chi connectivity index (χ1v) is 12.0. The number of rotatable bonds is 7. The first-order valence-electron chi connectivity index (χ1n) is 12.0. The molecule has 1 heterocycles. The van der Waals surface area contributed by atoms with Gasteiger partial charge in [0.25, 0.3) is 0 Å². The molecular weight excluding hydrogens is 426 g/mol. The Morgan fingerprint density at radius 1 is 0.971 bits per heavy atom. The highest BCUT2D eigenvalue weighted by atomic mass is 16.5. The molecule has 0 unspecified atom stereocenters. The maximum Gasteiger partial charge on any atom is 0.239 e. The average molecular weight is 462 g/mol. The number of methoxy groups -OCH3 is 1. The summed E-state index contributed by atoms with van der Waals surface area (Å²) in [6.07, 6.45) is 5.70. The summed E-state index contributed by atoms with van der Waals surface area (Å²) in [5, 5.41) is 11.0. The zero-order valence-corrected chi connectivity index (χ0v) is 20.5. The van der Waals surface area contributed by atoms with Crippen LogP contribution in [-0.2, 0) is 4.79 Å². The van der Waals surface area contributed by atoms with Crippen LogP contribution < -0.4 is 20.7 Å². The predicted octanol–water partition coefficient (Wildman–Crippen LogP) is 4.53. The molecule has 1 aliphatic carbocycles. The number of nitrogens with zero attached hydrogens (tertiary/aromatic N) is 2. The van der Waals surface area contributed by atoms with Crippen molar-refractivity contribution in [1.82, 2.24) is 20.6 Å². The largest absolute Gasteiger partial charge is 0.497 e. The van der Waals surface area contributed by atoms with E-state index in [0.29, 0.717) is 11.9 Å². The van der Waals surface area contributed by atoms with Gasteiger partial charge in [-0.15, -0.1) is 0 Å². The average Bonchev–Trinajstić information content (AvgIpc) is 2.83. The quantitative estimate of drug-likeness (QED) is 0.479. The number of benzene rings is 2. The minimum Gasteiger partial charge on any atom is -0.497 e. The number of hydrogen-bond donors (Lipinski definition) is 3. The number of carbonyl (C=O) groups is 1. The van der Waals surface area contributed by atoms with Crippen molar-refractivity contribution < 1.29 is 9.53 Å². The topological polar surface area (TPSA) is 88.2 Å². The van der Waals surface area contributed by atoms with Crippen molar-refractivity contribution in [1.29, 1.82) is 0 Å². The Hall–Kier alpha value is -3.19. The van der Waals surface area contributed by atoms with Crippen LogP contribution in [0.15, 0.2) is 48.8 Å². The van der Waals surface area contributed by atoms with Crippen LogP contribution in [0.2, 0.25) is 0 Å². The van der Waals surface area contributed by atoms with Crippen LogP contribution in [0.4, 0.5) is 5.82 Å². The fourth-order valence-corrected chi connectivity index (χ4v) is 4.60. The second kappa shape index (κ2) is 10.4. The zero-order chi connectivity index (χ0) is 24.1. The van der Waals surface area contributed by atoms with Gasteiger partial charge in [0.15, 0.2) is 0 Å². The normalized spacial score (nSPS) is 18.5. The van der Waals surface area contributed by atoms with Gasteiger partial charge in [0.1, 0.15) is 17.9 Å². The molecule has 7 nitrogen and oxygen atoms in total. The number of fused-ring (bicyclic) bond motifs is 1. The molecule has 1 saturated carbocycles. The van der Waals surface area contributed by atoms with Gasteiger partial charge in [-0.25, -0.2) is 9.97 Å². The standard InChI is InChI=1S/C27H35N5O2/c1-27(2,3)32-21-10-8-20(9-11-21)31-25(33)16-28-26-23-15-19(7-14-24(23)29-17-30-26)18-5-12-22(34-4)13-6-18/h5-7,12-15,17,20-21,32H,8-11,16H2,1-4H3,(H,31,33)(H,28,29,30). The highest BCUT2D eigenvalue weighted by molar-refractivity contribution is 5.93. The Labute approximate surface area is 201 Å². The number of anilines is 1. The van der Waals surface area contributed by atoms with Crippen LogP contribution in [0, 0.1) is 0 Å². The van der Waals surface area contributed by atoms with Crippen LogP contribution in [0.5, 0.6) is 5.75 Å². The molecule has 1 amide bonds. The van der Waals surface area contributed by atoms with Crippen LogP contribution >= 0.6 is 0 Å². The fourth-order valence-electron chi connectivity index (χ4n) is 4.60. The number of amides is 1. The van der Waals surface area contributed by atoms with E-state index in [1.807, 2.05) is 36.4 Å². The first-order chi connectivity index (χ1) is 16.3. The van der Waals surface area contributed by atoms with Crippen LogP contribution in [0.25, 0.3) is 22.0 Å². The molecule has 1 fully saturated rings. The van der Waals surface area contributed by atoms with Gasteiger partial charge >= 0.3 is 0 Å². The molecule has 7 heteroatoms. The van der Waals surface area contributed by atoms with Gasteiger partial charge < -0.3 is 20.7 Å². The van der Waals surface area contributed by atoms with Crippen LogP contribution in [0.3, 0.4) is 0 Å². The van der Waals surface area contributed by atoms with E-state index in [0.717, 1.165) is 53.5 Å². The van der Waals surface area contributed by atoms with Gasteiger partial charge in [0, 0.05) is 23.0 Å². The molecule has 1 aromatic heterocycles.